The van der Waals surface area contributed by atoms with E-state index in [2.05, 4.69) is 18.8 Å². The van der Waals surface area contributed by atoms with Crippen LogP contribution in [0.2, 0.25) is 5.02 Å². The largest absolute Gasteiger partial charge is 0.487 e. The molecule has 138 valence electrons. The number of H-pyrrole nitrogens is 1. The summed E-state index contributed by atoms with van der Waals surface area (Å²) < 4.78 is 15.9. The van der Waals surface area contributed by atoms with Crippen molar-refractivity contribution >= 4 is 22.5 Å². The van der Waals surface area contributed by atoms with E-state index < -0.39 is 6.29 Å². The quantitative estimate of drug-likeness (QED) is 0.664. The highest BCUT2D eigenvalue weighted by atomic mass is 35.5. The van der Waals surface area contributed by atoms with Gasteiger partial charge >= 0.3 is 0 Å². The molecule has 2 rings (SSSR count). The van der Waals surface area contributed by atoms with Gasteiger partial charge in [-0.1, -0.05) is 31.9 Å². The van der Waals surface area contributed by atoms with Crippen molar-refractivity contribution in [2.75, 3.05) is 20.8 Å². The molecule has 0 fully saturated rings. The van der Waals surface area contributed by atoms with Gasteiger partial charge in [-0.2, -0.15) is 0 Å². The van der Waals surface area contributed by atoms with Gasteiger partial charge < -0.3 is 19.2 Å². The summed E-state index contributed by atoms with van der Waals surface area (Å²) >= 11 is 6.50. The number of rotatable bonds is 9. The second-order valence-corrected chi connectivity index (χ2v) is 6.37. The highest BCUT2D eigenvalue weighted by Crippen LogP contribution is 2.32. The molecule has 0 spiro atoms. The van der Waals surface area contributed by atoms with Crippen molar-refractivity contribution in [3.63, 3.8) is 0 Å². The van der Waals surface area contributed by atoms with E-state index in [4.69, 9.17) is 25.8 Å². The third kappa shape index (κ3) is 4.54. The van der Waals surface area contributed by atoms with E-state index in [0.717, 1.165) is 25.0 Å². The summed E-state index contributed by atoms with van der Waals surface area (Å²) in [7, 11) is 3.09. The minimum Gasteiger partial charge on any atom is -0.487 e. The monoisotopic (exact) mass is 367 g/mol. The Balaban J connectivity index is 2.42. The zero-order valence-electron chi connectivity index (χ0n) is 15.2. The molecule has 0 amide bonds. The van der Waals surface area contributed by atoms with Gasteiger partial charge in [-0.15, -0.1) is 0 Å². The number of benzene rings is 1. The van der Waals surface area contributed by atoms with Gasteiger partial charge in [0.25, 0.3) is 0 Å². The Labute approximate surface area is 153 Å². The maximum atomic E-state index is 12.5. The van der Waals surface area contributed by atoms with Crippen LogP contribution in [0.4, 0.5) is 0 Å². The molecule has 25 heavy (non-hydrogen) atoms. The Morgan fingerprint density at radius 1 is 1.20 bits per heavy atom. The maximum Gasteiger partial charge on any atom is 0.191 e. The van der Waals surface area contributed by atoms with Crippen LogP contribution in [0.1, 0.15) is 44.7 Å². The minimum atomic E-state index is -0.480. The summed E-state index contributed by atoms with van der Waals surface area (Å²) in [5.41, 5.74) is 1.51. The molecular formula is C19H26ClNO4. The summed E-state index contributed by atoms with van der Waals surface area (Å²) in [4.78, 5) is 15.8. The summed E-state index contributed by atoms with van der Waals surface area (Å²) in [5, 5.41) is 0.955. The van der Waals surface area contributed by atoms with Crippen LogP contribution in [0.15, 0.2) is 23.0 Å². The molecule has 6 heteroatoms. The predicted octanol–water partition coefficient (Wildman–Crippen LogP) is 4.47. The summed E-state index contributed by atoms with van der Waals surface area (Å²) in [6.07, 6.45) is 2.57. The molecule has 1 aromatic heterocycles. The van der Waals surface area contributed by atoms with Crippen LogP contribution in [0, 0.1) is 0 Å². The van der Waals surface area contributed by atoms with Gasteiger partial charge in [0.1, 0.15) is 17.4 Å². The van der Waals surface area contributed by atoms with E-state index in [0.29, 0.717) is 27.6 Å². The third-order valence-electron chi connectivity index (χ3n) is 4.40. The van der Waals surface area contributed by atoms with Crippen molar-refractivity contribution in [1.82, 2.24) is 4.98 Å². The lowest BCUT2D eigenvalue weighted by molar-refractivity contribution is -0.121. The van der Waals surface area contributed by atoms with Crippen molar-refractivity contribution in [3.8, 4) is 5.75 Å². The van der Waals surface area contributed by atoms with Crippen molar-refractivity contribution in [3.05, 3.63) is 39.1 Å². The van der Waals surface area contributed by atoms with E-state index >= 15 is 0 Å². The average Bonchev–Trinajstić information content (AvgIpc) is 2.62. The molecule has 0 aliphatic carbocycles. The van der Waals surface area contributed by atoms with Gasteiger partial charge in [0.15, 0.2) is 11.7 Å². The maximum absolute atomic E-state index is 12.5. The smallest absolute Gasteiger partial charge is 0.191 e. The van der Waals surface area contributed by atoms with Gasteiger partial charge in [0, 0.05) is 31.4 Å². The number of aromatic nitrogens is 1. The van der Waals surface area contributed by atoms with Gasteiger partial charge in [0.2, 0.25) is 0 Å². The molecule has 0 saturated heterocycles. The Hall–Kier alpha value is -1.56. The van der Waals surface area contributed by atoms with Gasteiger partial charge in [-0.3, -0.25) is 4.79 Å². The van der Waals surface area contributed by atoms with Crippen molar-refractivity contribution in [1.29, 1.82) is 0 Å². The number of hydrogen-bond donors (Lipinski definition) is 1. The summed E-state index contributed by atoms with van der Waals surface area (Å²) in [5.74, 6) is 0.804. The average molecular weight is 368 g/mol. The first-order valence-electron chi connectivity index (χ1n) is 8.59. The Kier molecular flexibility index (Phi) is 7.29. The van der Waals surface area contributed by atoms with Crippen LogP contribution >= 0.6 is 11.6 Å². The van der Waals surface area contributed by atoms with Crippen LogP contribution in [0.5, 0.6) is 5.75 Å². The highest BCUT2D eigenvalue weighted by Gasteiger charge is 2.16. The summed E-state index contributed by atoms with van der Waals surface area (Å²) in [6.45, 7) is 4.47. The number of pyridine rings is 1. The summed E-state index contributed by atoms with van der Waals surface area (Å²) in [6, 6.07) is 5.12. The highest BCUT2D eigenvalue weighted by molar-refractivity contribution is 6.36. The molecular weight excluding hydrogens is 342 g/mol. The lowest BCUT2D eigenvalue weighted by Gasteiger charge is -2.17. The topological polar surface area (TPSA) is 60.6 Å². The van der Waals surface area contributed by atoms with Gasteiger partial charge in [-0.25, -0.2) is 0 Å². The van der Waals surface area contributed by atoms with Crippen molar-refractivity contribution < 1.29 is 14.2 Å². The second-order valence-electron chi connectivity index (χ2n) is 5.99. The number of fused-ring (bicyclic) bond motifs is 1. The fourth-order valence-electron chi connectivity index (χ4n) is 2.93. The first kappa shape index (κ1) is 19.8. The number of ether oxygens (including phenoxy) is 3. The zero-order valence-corrected chi connectivity index (χ0v) is 16.0. The fourth-order valence-corrected chi connectivity index (χ4v) is 3.20. The van der Waals surface area contributed by atoms with Crippen LogP contribution < -0.4 is 10.2 Å². The molecule has 1 heterocycles. The third-order valence-corrected chi connectivity index (χ3v) is 4.77. The van der Waals surface area contributed by atoms with E-state index in [1.165, 1.54) is 0 Å². The molecule has 1 N–H and O–H groups in total. The molecule has 0 aliphatic rings. The van der Waals surface area contributed by atoms with Crippen LogP contribution in [-0.4, -0.2) is 32.1 Å². The molecule has 0 aliphatic heterocycles. The molecule has 5 nitrogen and oxygen atoms in total. The Morgan fingerprint density at radius 2 is 1.92 bits per heavy atom. The predicted molar refractivity (Wildman–Crippen MR) is 101 cm³/mol. The molecule has 0 radical (unpaired) electrons. The normalized spacial score (nSPS) is 12.7. The van der Waals surface area contributed by atoms with E-state index in [1.54, 1.807) is 32.4 Å². The molecule has 1 aromatic carbocycles. The number of aromatic amines is 1. The van der Waals surface area contributed by atoms with E-state index in [9.17, 15) is 4.79 Å². The number of hydrogen-bond acceptors (Lipinski definition) is 4. The molecule has 0 saturated carbocycles. The first-order valence-corrected chi connectivity index (χ1v) is 8.97. The second kappa shape index (κ2) is 9.22. The van der Waals surface area contributed by atoms with Crippen molar-refractivity contribution in [2.45, 2.75) is 45.3 Å². The standard InChI is InChI=1S/C19H26ClNO4/c1-5-7-12(6-2)14-10-15(22)13-8-9-16(18(20)19(13)21-14)25-11-17(23-3)24-4/h8-10,12,17H,5-7,11H2,1-4H3,(H,21,22). The van der Waals surface area contributed by atoms with E-state index in [1.807, 2.05) is 0 Å². The van der Waals surface area contributed by atoms with Crippen molar-refractivity contribution in [2.24, 2.45) is 0 Å². The van der Waals surface area contributed by atoms with E-state index in [-0.39, 0.29) is 12.0 Å². The fraction of sp³-hybridized carbons (Fsp3) is 0.526. The molecule has 0 bridgehead atoms. The molecule has 1 atom stereocenters. The number of halogens is 1. The van der Waals surface area contributed by atoms with Crippen LogP contribution in [-0.2, 0) is 9.47 Å². The van der Waals surface area contributed by atoms with Gasteiger partial charge in [0.05, 0.1) is 5.52 Å². The molecule has 2 aromatic rings. The first-order chi connectivity index (χ1) is 12.0. The SMILES string of the molecule is CCCC(CC)c1cc(=O)c2ccc(OCC(OC)OC)c(Cl)c2[nH]1. The van der Waals surface area contributed by atoms with Crippen LogP contribution in [0.3, 0.4) is 0 Å². The zero-order chi connectivity index (χ0) is 18.4. The van der Waals surface area contributed by atoms with Gasteiger partial charge in [-0.05, 0) is 30.9 Å². The lowest BCUT2D eigenvalue weighted by atomic mass is 9.96. The lowest BCUT2D eigenvalue weighted by Crippen LogP contribution is -2.22. The Bertz CT molecular complexity index is 755. The number of nitrogens with one attached hydrogen (secondary N) is 1. The number of methoxy groups -OCH3 is 2. The minimum absolute atomic E-state index is 0.0292. The molecule has 1 unspecified atom stereocenters. The van der Waals surface area contributed by atoms with Crippen LogP contribution in [0.25, 0.3) is 10.9 Å². The Morgan fingerprint density at radius 3 is 2.52 bits per heavy atom.